The monoisotopic (exact) mass is 272 g/mol. The fourth-order valence-corrected chi connectivity index (χ4v) is 2.57. The molecule has 1 heterocycles. The van der Waals surface area contributed by atoms with Gasteiger partial charge in [-0.2, -0.15) is 0 Å². The number of nitrogens with zero attached hydrogens (tertiary/aromatic N) is 1. The molecule has 1 fully saturated rings. The summed E-state index contributed by atoms with van der Waals surface area (Å²) in [6.45, 7) is 6.07. The van der Waals surface area contributed by atoms with Crippen LogP contribution in [0.1, 0.15) is 31.4 Å². The van der Waals surface area contributed by atoms with Gasteiger partial charge in [-0.3, -0.25) is 9.59 Å². The molecule has 1 aliphatic rings. The zero-order valence-corrected chi connectivity index (χ0v) is 11.7. The normalized spacial score (nSPS) is 22.6. The fraction of sp³-hybridized carbons (Fsp3) is 0.375. The van der Waals surface area contributed by atoms with Crippen molar-refractivity contribution in [2.45, 2.75) is 31.8 Å². The van der Waals surface area contributed by atoms with E-state index in [1.807, 2.05) is 37.3 Å². The molecular formula is C16H20N2O2. The Balaban J connectivity index is 2.32. The van der Waals surface area contributed by atoms with Crippen LogP contribution in [0.2, 0.25) is 0 Å². The second-order valence-electron chi connectivity index (χ2n) is 4.94. The van der Waals surface area contributed by atoms with Gasteiger partial charge in [0.1, 0.15) is 12.1 Å². The van der Waals surface area contributed by atoms with Gasteiger partial charge in [-0.1, -0.05) is 49.8 Å². The lowest BCUT2D eigenvalue weighted by atomic mass is 9.98. The number of piperazine rings is 1. The molecule has 1 saturated heterocycles. The number of benzene rings is 1. The molecule has 1 aliphatic heterocycles. The molecular weight excluding hydrogens is 252 g/mol. The highest BCUT2D eigenvalue weighted by Crippen LogP contribution is 2.26. The van der Waals surface area contributed by atoms with Crippen LogP contribution < -0.4 is 5.32 Å². The van der Waals surface area contributed by atoms with Crippen molar-refractivity contribution in [1.82, 2.24) is 10.2 Å². The number of hydrogen-bond donors (Lipinski definition) is 1. The summed E-state index contributed by atoms with van der Waals surface area (Å²) in [6.07, 6.45) is 3.18. The van der Waals surface area contributed by atoms with Crippen LogP contribution in [0.5, 0.6) is 0 Å². The lowest BCUT2D eigenvalue weighted by Gasteiger charge is -2.38. The maximum absolute atomic E-state index is 12.5. The van der Waals surface area contributed by atoms with Crippen LogP contribution in [0.4, 0.5) is 0 Å². The molecule has 4 nitrogen and oxygen atoms in total. The van der Waals surface area contributed by atoms with Crippen LogP contribution in [0, 0.1) is 0 Å². The molecule has 4 heteroatoms. The number of hydrogen-bond acceptors (Lipinski definition) is 2. The van der Waals surface area contributed by atoms with Crippen LogP contribution in [-0.4, -0.2) is 29.3 Å². The lowest BCUT2D eigenvalue weighted by Crippen LogP contribution is -2.59. The van der Waals surface area contributed by atoms with Gasteiger partial charge in [0.25, 0.3) is 0 Å². The standard InChI is InChI=1S/C16H20N2O2/c1-3-8-13-16(20)18(11-4-2)14(15(19)17-13)12-9-6-5-7-10-12/h4-7,9-10,13-14H,2-3,8,11H2,1H3,(H,17,19). The average molecular weight is 272 g/mol. The Kier molecular flexibility index (Phi) is 4.56. The van der Waals surface area contributed by atoms with E-state index in [9.17, 15) is 9.59 Å². The van der Waals surface area contributed by atoms with Gasteiger partial charge in [0.2, 0.25) is 11.8 Å². The molecule has 2 unspecified atom stereocenters. The van der Waals surface area contributed by atoms with E-state index in [1.54, 1.807) is 11.0 Å². The number of carbonyl (C=O) groups excluding carboxylic acids is 2. The van der Waals surface area contributed by atoms with Crippen LogP contribution in [0.3, 0.4) is 0 Å². The maximum Gasteiger partial charge on any atom is 0.248 e. The van der Waals surface area contributed by atoms with Gasteiger partial charge in [0.05, 0.1) is 0 Å². The summed E-state index contributed by atoms with van der Waals surface area (Å²) in [7, 11) is 0. The minimum absolute atomic E-state index is 0.0276. The third-order valence-electron chi connectivity index (χ3n) is 3.48. The fourth-order valence-electron chi connectivity index (χ4n) is 2.57. The van der Waals surface area contributed by atoms with Crippen molar-refractivity contribution in [3.8, 4) is 0 Å². The van der Waals surface area contributed by atoms with Crippen LogP contribution >= 0.6 is 0 Å². The second-order valence-corrected chi connectivity index (χ2v) is 4.94. The first-order valence-corrected chi connectivity index (χ1v) is 6.95. The van der Waals surface area contributed by atoms with E-state index in [0.717, 1.165) is 12.0 Å². The van der Waals surface area contributed by atoms with E-state index in [-0.39, 0.29) is 11.8 Å². The van der Waals surface area contributed by atoms with Crippen molar-refractivity contribution in [2.75, 3.05) is 6.54 Å². The van der Waals surface area contributed by atoms with Crippen LogP contribution in [0.25, 0.3) is 0 Å². The quantitative estimate of drug-likeness (QED) is 0.834. The summed E-state index contributed by atoms with van der Waals surface area (Å²) in [4.78, 5) is 26.5. The summed E-state index contributed by atoms with van der Waals surface area (Å²) in [5, 5.41) is 2.84. The molecule has 1 aromatic carbocycles. The molecule has 0 aromatic heterocycles. The Bertz CT molecular complexity index is 498. The molecule has 0 spiro atoms. The van der Waals surface area contributed by atoms with Crippen molar-refractivity contribution < 1.29 is 9.59 Å². The van der Waals surface area contributed by atoms with Crippen LogP contribution in [-0.2, 0) is 9.59 Å². The molecule has 2 rings (SSSR count). The van der Waals surface area contributed by atoms with Gasteiger partial charge in [-0.15, -0.1) is 6.58 Å². The molecule has 2 amide bonds. The predicted molar refractivity (Wildman–Crippen MR) is 77.9 cm³/mol. The molecule has 0 radical (unpaired) electrons. The first-order chi connectivity index (χ1) is 9.69. The summed E-state index contributed by atoms with van der Waals surface area (Å²) in [6, 6.07) is 8.40. The summed E-state index contributed by atoms with van der Waals surface area (Å²) in [5.41, 5.74) is 0.829. The highest BCUT2D eigenvalue weighted by Gasteiger charge is 2.40. The Morgan fingerprint density at radius 2 is 2.00 bits per heavy atom. The minimum atomic E-state index is -0.560. The van der Waals surface area contributed by atoms with Gasteiger partial charge in [-0.25, -0.2) is 0 Å². The van der Waals surface area contributed by atoms with Gasteiger partial charge in [0.15, 0.2) is 0 Å². The third kappa shape index (κ3) is 2.74. The van der Waals surface area contributed by atoms with Crippen molar-refractivity contribution >= 4 is 11.8 Å². The van der Waals surface area contributed by atoms with Crippen molar-refractivity contribution in [3.05, 3.63) is 48.6 Å². The van der Waals surface area contributed by atoms with E-state index in [4.69, 9.17) is 0 Å². The first-order valence-electron chi connectivity index (χ1n) is 6.95. The summed E-state index contributed by atoms with van der Waals surface area (Å²) >= 11 is 0. The lowest BCUT2D eigenvalue weighted by molar-refractivity contribution is -0.149. The van der Waals surface area contributed by atoms with Gasteiger partial charge >= 0.3 is 0 Å². The Morgan fingerprint density at radius 3 is 2.60 bits per heavy atom. The predicted octanol–water partition coefficient (Wildman–Crippen LogP) is 2.04. The molecule has 1 N–H and O–H groups in total. The molecule has 2 atom stereocenters. The summed E-state index contributed by atoms with van der Waals surface area (Å²) in [5.74, 6) is -0.142. The molecule has 20 heavy (non-hydrogen) atoms. The second kappa shape index (κ2) is 6.37. The SMILES string of the molecule is C=CCN1C(=O)C(CCC)NC(=O)C1c1ccccc1. The van der Waals surface area contributed by atoms with E-state index in [2.05, 4.69) is 11.9 Å². The van der Waals surface area contributed by atoms with E-state index in [0.29, 0.717) is 13.0 Å². The highest BCUT2D eigenvalue weighted by atomic mass is 16.2. The Hall–Kier alpha value is -2.10. The highest BCUT2D eigenvalue weighted by molar-refractivity contribution is 5.97. The number of amides is 2. The molecule has 106 valence electrons. The van der Waals surface area contributed by atoms with Crippen molar-refractivity contribution in [1.29, 1.82) is 0 Å². The smallest absolute Gasteiger partial charge is 0.248 e. The van der Waals surface area contributed by atoms with Crippen molar-refractivity contribution in [2.24, 2.45) is 0 Å². The molecule has 0 bridgehead atoms. The Morgan fingerprint density at radius 1 is 1.30 bits per heavy atom. The van der Waals surface area contributed by atoms with E-state index < -0.39 is 12.1 Å². The third-order valence-corrected chi connectivity index (χ3v) is 3.48. The van der Waals surface area contributed by atoms with Crippen LogP contribution in [0.15, 0.2) is 43.0 Å². The topological polar surface area (TPSA) is 49.4 Å². The maximum atomic E-state index is 12.5. The molecule has 0 saturated carbocycles. The summed E-state index contributed by atoms with van der Waals surface area (Å²) < 4.78 is 0. The van der Waals surface area contributed by atoms with Crippen molar-refractivity contribution in [3.63, 3.8) is 0 Å². The van der Waals surface area contributed by atoms with E-state index in [1.165, 1.54) is 0 Å². The van der Waals surface area contributed by atoms with Gasteiger partial charge in [-0.05, 0) is 12.0 Å². The largest absolute Gasteiger partial charge is 0.342 e. The zero-order chi connectivity index (χ0) is 14.5. The molecule has 1 aromatic rings. The van der Waals surface area contributed by atoms with E-state index >= 15 is 0 Å². The zero-order valence-electron chi connectivity index (χ0n) is 11.7. The Labute approximate surface area is 119 Å². The van der Waals surface area contributed by atoms with Gasteiger partial charge < -0.3 is 10.2 Å². The number of rotatable bonds is 5. The number of nitrogens with one attached hydrogen (secondary N) is 1. The average Bonchev–Trinajstić information content (AvgIpc) is 2.45. The minimum Gasteiger partial charge on any atom is -0.342 e. The van der Waals surface area contributed by atoms with Gasteiger partial charge in [0, 0.05) is 6.54 Å². The molecule has 0 aliphatic carbocycles. The first kappa shape index (κ1) is 14.3. The number of carbonyl (C=O) groups is 2.